The summed E-state index contributed by atoms with van der Waals surface area (Å²) in [6.07, 6.45) is 1.54. The lowest BCUT2D eigenvalue weighted by Crippen LogP contribution is -2.31. The van der Waals surface area contributed by atoms with Crippen molar-refractivity contribution in [1.29, 1.82) is 0 Å². The molecule has 2 N–H and O–H groups in total. The highest BCUT2D eigenvalue weighted by Crippen LogP contribution is 2.26. The number of hydrogen-bond acceptors (Lipinski definition) is 5. The molecule has 0 bridgehead atoms. The Kier molecular flexibility index (Phi) is 5.21. The molecule has 1 aliphatic heterocycles. The molecule has 1 aliphatic rings. The molecule has 3 heterocycles. The number of aliphatic hydroxyl groups excluding tert-OH is 1. The maximum atomic E-state index is 13.0. The van der Waals surface area contributed by atoms with Crippen molar-refractivity contribution in [1.82, 2.24) is 14.9 Å². The maximum absolute atomic E-state index is 13.0. The van der Waals surface area contributed by atoms with Crippen molar-refractivity contribution in [2.45, 2.75) is 13.1 Å². The van der Waals surface area contributed by atoms with Crippen LogP contribution in [0.2, 0.25) is 5.02 Å². The second kappa shape index (κ2) is 7.95. The number of amides is 1. The summed E-state index contributed by atoms with van der Waals surface area (Å²) in [4.78, 5) is 30.0. The summed E-state index contributed by atoms with van der Waals surface area (Å²) in [5, 5.41) is 12.6. The number of carbonyl (C=O) groups excluding carboxylic acids is 1. The highest BCUT2D eigenvalue weighted by molar-refractivity contribution is 6.30. The standard InChI is InChI=1S/C21H16ClN3O4/c22-14-5-3-13(4-6-14)11-23-20(28)17-12-25-7-9-29-21-18(25)16(19(17)27)10-15(24-21)2-1-8-26/h3-6,10,12,26H,7-9,11H2,(H,23,28). The van der Waals surface area contributed by atoms with Crippen molar-refractivity contribution in [2.75, 3.05) is 13.2 Å². The number of hydrogen-bond donors (Lipinski definition) is 2. The summed E-state index contributed by atoms with van der Waals surface area (Å²) >= 11 is 5.87. The third-order valence-corrected chi connectivity index (χ3v) is 4.75. The van der Waals surface area contributed by atoms with Crippen molar-refractivity contribution in [3.8, 4) is 17.7 Å². The average molecular weight is 410 g/mol. The summed E-state index contributed by atoms with van der Waals surface area (Å²) in [6, 6.07) is 8.61. The topological polar surface area (TPSA) is 93.5 Å². The second-order valence-corrected chi connectivity index (χ2v) is 6.83. The van der Waals surface area contributed by atoms with Gasteiger partial charge in [-0.3, -0.25) is 9.59 Å². The Morgan fingerprint density at radius 3 is 2.90 bits per heavy atom. The summed E-state index contributed by atoms with van der Waals surface area (Å²) in [5.41, 5.74) is 1.31. The average Bonchev–Trinajstić information content (AvgIpc) is 2.74. The maximum Gasteiger partial charge on any atom is 0.257 e. The first-order chi connectivity index (χ1) is 14.1. The Morgan fingerprint density at radius 1 is 1.34 bits per heavy atom. The summed E-state index contributed by atoms with van der Waals surface area (Å²) < 4.78 is 7.37. The van der Waals surface area contributed by atoms with Crippen LogP contribution in [0, 0.1) is 11.8 Å². The number of rotatable bonds is 3. The monoisotopic (exact) mass is 409 g/mol. The molecule has 0 atom stereocenters. The lowest BCUT2D eigenvalue weighted by Gasteiger charge is -2.20. The van der Waals surface area contributed by atoms with Gasteiger partial charge in [0.05, 0.1) is 11.9 Å². The van der Waals surface area contributed by atoms with E-state index in [0.717, 1.165) is 5.56 Å². The molecule has 1 amide bonds. The van der Waals surface area contributed by atoms with Crippen LogP contribution in [0.4, 0.5) is 0 Å². The first-order valence-corrected chi connectivity index (χ1v) is 9.28. The molecule has 0 saturated carbocycles. The van der Waals surface area contributed by atoms with Crippen LogP contribution in [0.1, 0.15) is 21.6 Å². The van der Waals surface area contributed by atoms with E-state index in [4.69, 9.17) is 21.4 Å². The Balaban J connectivity index is 1.73. The first-order valence-electron chi connectivity index (χ1n) is 8.90. The number of pyridine rings is 2. The minimum absolute atomic E-state index is 0.0339. The molecular formula is C21H16ClN3O4. The first kappa shape index (κ1) is 19.0. The fourth-order valence-corrected chi connectivity index (χ4v) is 3.27. The largest absolute Gasteiger partial charge is 0.474 e. The van der Waals surface area contributed by atoms with E-state index in [2.05, 4.69) is 22.1 Å². The Hall–Kier alpha value is -3.34. The normalized spacial score (nSPS) is 12.1. The van der Waals surface area contributed by atoms with Crippen molar-refractivity contribution in [3.63, 3.8) is 0 Å². The molecule has 0 spiro atoms. The predicted octanol–water partition coefficient (Wildman–Crippen LogP) is 1.72. The second-order valence-electron chi connectivity index (χ2n) is 6.39. The Labute approximate surface area is 170 Å². The van der Waals surface area contributed by atoms with E-state index < -0.39 is 11.3 Å². The van der Waals surface area contributed by atoms with Gasteiger partial charge in [-0.15, -0.1) is 0 Å². The Morgan fingerprint density at radius 2 is 2.14 bits per heavy atom. The van der Waals surface area contributed by atoms with Gasteiger partial charge in [-0.05, 0) is 29.7 Å². The summed E-state index contributed by atoms with van der Waals surface area (Å²) in [7, 11) is 0. The van der Waals surface area contributed by atoms with Gasteiger partial charge in [0.25, 0.3) is 5.91 Å². The van der Waals surface area contributed by atoms with Crippen LogP contribution >= 0.6 is 11.6 Å². The fourth-order valence-electron chi connectivity index (χ4n) is 3.14. The number of nitrogens with one attached hydrogen (secondary N) is 1. The number of halogens is 1. The Bertz CT molecular complexity index is 1220. The molecule has 0 unspecified atom stereocenters. The molecule has 146 valence electrons. The SMILES string of the molecule is O=C(NCc1ccc(Cl)cc1)c1cn2c3c(nc(C#CCO)cc3c1=O)OCC2. The van der Waals surface area contributed by atoms with E-state index >= 15 is 0 Å². The molecule has 2 aromatic heterocycles. The van der Waals surface area contributed by atoms with Gasteiger partial charge in [-0.25, -0.2) is 4.98 Å². The van der Waals surface area contributed by atoms with Crippen LogP contribution in [-0.4, -0.2) is 33.8 Å². The van der Waals surface area contributed by atoms with Crippen molar-refractivity contribution < 1.29 is 14.6 Å². The summed E-state index contributed by atoms with van der Waals surface area (Å²) in [5.74, 6) is 5.01. The molecule has 3 aromatic rings. The van der Waals surface area contributed by atoms with Gasteiger partial charge in [0.2, 0.25) is 11.3 Å². The molecule has 0 fully saturated rings. The van der Waals surface area contributed by atoms with Gasteiger partial charge >= 0.3 is 0 Å². The molecule has 1 aromatic carbocycles. The fraction of sp³-hybridized carbons (Fsp3) is 0.190. The molecular weight excluding hydrogens is 394 g/mol. The van der Waals surface area contributed by atoms with Crippen molar-refractivity contribution in [2.24, 2.45) is 0 Å². The highest BCUT2D eigenvalue weighted by Gasteiger charge is 2.22. The molecule has 4 rings (SSSR count). The van der Waals surface area contributed by atoms with E-state index in [9.17, 15) is 9.59 Å². The molecule has 0 aliphatic carbocycles. The van der Waals surface area contributed by atoms with Crippen LogP contribution in [0.15, 0.2) is 41.3 Å². The number of benzene rings is 1. The van der Waals surface area contributed by atoms with Gasteiger partial charge in [-0.1, -0.05) is 29.7 Å². The number of nitrogens with zero attached hydrogens (tertiary/aromatic N) is 2. The predicted molar refractivity (Wildman–Crippen MR) is 108 cm³/mol. The quantitative estimate of drug-likeness (QED) is 0.642. The van der Waals surface area contributed by atoms with Crippen molar-refractivity contribution >= 4 is 28.4 Å². The lowest BCUT2D eigenvalue weighted by atomic mass is 10.1. The van der Waals surface area contributed by atoms with Crippen molar-refractivity contribution in [3.05, 3.63) is 68.6 Å². The molecule has 8 heteroatoms. The third kappa shape index (κ3) is 3.81. The summed E-state index contributed by atoms with van der Waals surface area (Å²) in [6.45, 7) is 0.796. The zero-order chi connectivity index (χ0) is 20.4. The van der Waals surface area contributed by atoms with Gasteiger partial charge < -0.3 is 19.7 Å². The van der Waals surface area contributed by atoms with Gasteiger partial charge in [0.1, 0.15) is 30.0 Å². The van der Waals surface area contributed by atoms with E-state index in [1.54, 1.807) is 28.8 Å². The number of carbonyl (C=O) groups is 1. The van der Waals surface area contributed by atoms with Crippen LogP contribution in [0.3, 0.4) is 0 Å². The lowest BCUT2D eigenvalue weighted by molar-refractivity contribution is 0.0949. The smallest absolute Gasteiger partial charge is 0.257 e. The van der Waals surface area contributed by atoms with E-state index in [1.165, 1.54) is 12.3 Å². The van der Waals surface area contributed by atoms with Crippen LogP contribution in [0.5, 0.6) is 5.88 Å². The number of aliphatic hydroxyl groups is 1. The van der Waals surface area contributed by atoms with E-state index in [-0.39, 0.29) is 18.7 Å². The molecule has 7 nitrogen and oxygen atoms in total. The number of aromatic nitrogens is 2. The van der Waals surface area contributed by atoms with Crippen LogP contribution in [0.25, 0.3) is 10.9 Å². The number of ether oxygens (including phenoxy) is 1. The van der Waals surface area contributed by atoms with Crippen LogP contribution < -0.4 is 15.5 Å². The van der Waals surface area contributed by atoms with Gasteiger partial charge in [-0.2, -0.15) is 0 Å². The zero-order valence-electron chi connectivity index (χ0n) is 15.2. The van der Waals surface area contributed by atoms with Gasteiger partial charge in [0.15, 0.2) is 0 Å². The molecule has 29 heavy (non-hydrogen) atoms. The van der Waals surface area contributed by atoms with E-state index in [1.807, 2.05) is 0 Å². The minimum Gasteiger partial charge on any atom is -0.474 e. The van der Waals surface area contributed by atoms with E-state index in [0.29, 0.717) is 40.7 Å². The molecule has 0 radical (unpaired) electrons. The zero-order valence-corrected chi connectivity index (χ0v) is 16.0. The van der Waals surface area contributed by atoms with Crippen LogP contribution in [-0.2, 0) is 13.1 Å². The third-order valence-electron chi connectivity index (χ3n) is 4.50. The molecule has 0 saturated heterocycles. The highest BCUT2D eigenvalue weighted by atomic mass is 35.5. The minimum atomic E-state index is -0.469. The van der Waals surface area contributed by atoms with Gasteiger partial charge in [0, 0.05) is 17.8 Å².